The molecule has 1 fully saturated rings. The monoisotopic (exact) mass is 270 g/mol. The Morgan fingerprint density at radius 1 is 1.35 bits per heavy atom. The molecule has 0 spiro atoms. The third kappa shape index (κ3) is 2.15. The first kappa shape index (κ1) is 12.7. The van der Waals surface area contributed by atoms with Gasteiger partial charge in [-0.05, 0) is 37.8 Å². The van der Waals surface area contributed by atoms with Gasteiger partial charge in [-0.1, -0.05) is 18.2 Å². The summed E-state index contributed by atoms with van der Waals surface area (Å²) in [5, 5.41) is 9.87. The van der Waals surface area contributed by atoms with Crippen LogP contribution in [0.4, 0.5) is 11.4 Å². The highest BCUT2D eigenvalue weighted by atomic mass is 16.2. The Bertz CT molecular complexity index is 650. The van der Waals surface area contributed by atoms with Crippen molar-refractivity contribution in [2.24, 2.45) is 0 Å². The van der Waals surface area contributed by atoms with Crippen LogP contribution in [0.1, 0.15) is 46.1 Å². The zero-order chi connectivity index (χ0) is 14.3. The molecule has 1 amide bonds. The van der Waals surface area contributed by atoms with Crippen molar-refractivity contribution in [3.8, 4) is 0 Å². The van der Waals surface area contributed by atoms with Crippen LogP contribution in [-0.2, 0) is 0 Å². The Kier molecular flexibility index (Phi) is 2.97. The third-order valence-electron chi connectivity index (χ3n) is 3.75. The van der Waals surface area contributed by atoms with E-state index >= 15 is 0 Å². The van der Waals surface area contributed by atoms with Gasteiger partial charge in [-0.2, -0.15) is 5.10 Å². The number of benzene rings is 1. The Balaban J connectivity index is 1.86. The Morgan fingerprint density at radius 3 is 2.60 bits per heavy atom. The number of hydrogen-bond acceptors (Lipinski definition) is 3. The second-order valence-corrected chi connectivity index (χ2v) is 5.39. The first-order valence-corrected chi connectivity index (χ1v) is 6.79. The van der Waals surface area contributed by atoms with Crippen LogP contribution in [0.2, 0.25) is 0 Å². The fraction of sp³-hybridized carbons (Fsp3) is 0.333. The number of nitrogens with one attached hydrogen (secondary N) is 2. The van der Waals surface area contributed by atoms with Gasteiger partial charge < -0.3 is 11.1 Å². The van der Waals surface area contributed by atoms with E-state index in [0.717, 1.165) is 35.3 Å². The van der Waals surface area contributed by atoms with Crippen LogP contribution in [0.25, 0.3) is 0 Å². The van der Waals surface area contributed by atoms with Crippen LogP contribution in [0, 0.1) is 13.8 Å². The summed E-state index contributed by atoms with van der Waals surface area (Å²) in [4.78, 5) is 12.3. The molecule has 5 heteroatoms. The van der Waals surface area contributed by atoms with E-state index in [1.54, 1.807) is 0 Å². The fourth-order valence-electron chi connectivity index (χ4n) is 2.40. The van der Waals surface area contributed by atoms with Gasteiger partial charge in [0.15, 0.2) is 5.69 Å². The lowest BCUT2D eigenvalue weighted by Gasteiger charge is -2.10. The van der Waals surface area contributed by atoms with Crippen LogP contribution in [0.5, 0.6) is 0 Å². The largest absolute Gasteiger partial charge is 0.395 e. The number of aromatic nitrogens is 2. The summed E-state index contributed by atoms with van der Waals surface area (Å²) in [6, 6.07) is 5.90. The summed E-state index contributed by atoms with van der Waals surface area (Å²) < 4.78 is 0. The molecule has 1 aromatic carbocycles. The van der Waals surface area contributed by atoms with E-state index in [1.165, 1.54) is 0 Å². The van der Waals surface area contributed by atoms with Gasteiger partial charge >= 0.3 is 0 Å². The summed E-state index contributed by atoms with van der Waals surface area (Å²) in [6.07, 6.45) is 2.23. The number of aromatic amines is 1. The lowest BCUT2D eigenvalue weighted by molar-refractivity contribution is 0.102. The average molecular weight is 270 g/mol. The summed E-state index contributed by atoms with van der Waals surface area (Å²) in [5.74, 6) is 0.187. The van der Waals surface area contributed by atoms with E-state index in [9.17, 15) is 4.79 Å². The lowest BCUT2D eigenvalue weighted by atomic mass is 10.1. The van der Waals surface area contributed by atoms with Crippen LogP contribution < -0.4 is 11.1 Å². The summed E-state index contributed by atoms with van der Waals surface area (Å²) in [5.41, 5.74) is 10.6. The number of para-hydroxylation sites is 1. The highest BCUT2D eigenvalue weighted by Crippen LogP contribution is 2.42. The van der Waals surface area contributed by atoms with Crippen molar-refractivity contribution in [1.82, 2.24) is 10.2 Å². The van der Waals surface area contributed by atoms with Gasteiger partial charge in [0, 0.05) is 11.6 Å². The van der Waals surface area contributed by atoms with Gasteiger partial charge in [-0.15, -0.1) is 0 Å². The number of H-pyrrole nitrogens is 1. The normalized spacial score (nSPS) is 14.3. The smallest absolute Gasteiger partial charge is 0.278 e. The summed E-state index contributed by atoms with van der Waals surface area (Å²) >= 11 is 0. The van der Waals surface area contributed by atoms with E-state index < -0.39 is 0 Å². The molecule has 1 aromatic heterocycles. The Labute approximate surface area is 117 Å². The molecule has 0 unspecified atom stereocenters. The molecule has 0 atom stereocenters. The summed E-state index contributed by atoms with van der Waals surface area (Å²) in [6.45, 7) is 3.93. The molecule has 0 radical (unpaired) electrons. The zero-order valence-electron chi connectivity index (χ0n) is 11.7. The Morgan fingerprint density at radius 2 is 2.00 bits per heavy atom. The molecule has 3 rings (SSSR count). The predicted molar refractivity (Wildman–Crippen MR) is 78.8 cm³/mol. The standard InChI is InChI=1S/C15H18N4O/c1-8-4-3-5-9(2)12(8)17-15(20)14-11(16)13(18-19-14)10-6-7-10/h3-5,10H,6-7,16H2,1-2H3,(H,17,20)(H,18,19). The number of aryl methyl sites for hydroxylation is 2. The fourth-order valence-corrected chi connectivity index (χ4v) is 2.40. The van der Waals surface area contributed by atoms with Crippen molar-refractivity contribution in [1.29, 1.82) is 0 Å². The van der Waals surface area contributed by atoms with Crippen molar-refractivity contribution in [2.45, 2.75) is 32.6 Å². The molecule has 4 N–H and O–H groups in total. The maximum absolute atomic E-state index is 12.3. The molecule has 5 nitrogen and oxygen atoms in total. The average Bonchev–Trinajstić information content (AvgIpc) is 3.17. The van der Waals surface area contributed by atoms with Crippen molar-refractivity contribution in [2.75, 3.05) is 11.1 Å². The minimum Gasteiger partial charge on any atom is -0.395 e. The number of nitrogens with two attached hydrogens (primary N) is 1. The maximum atomic E-state index is 12.3. The van der Waals surface area contributed by atoms with Crippen molar-refractivity contribution < 1.29 is 4.79 Å². The van der Waals surface area contributed by atoms with Gasteiger partial charge in [-0.25, -0.2) is 0 Å². The van der Waals surface area contributed by atoms with E-state index in [-0.39, 0.29) is 11.6 Å². The van der Waals surface area contributed by atoms with Gasteiger partial charge in [0.05, 0.1) is 11.4 Å². The first-order valence-electron chi connectivity index (χ1n) is 6.79. The van der Waals surface area contributed by atoms with E-state index in [1.807, 2.05) is 32.0 Å². The van der Waals surface area contributed by atoms with E-state index in [4.69, 9.17) is 5.73 Å². The number of nitrogens with zero attached hydrogens (tertiary/aromatic N) is 1. The third-order valence-corrected chi connectivity index (χ3v) is 3.75. The summed E-state index contributed by atoms with van der Waals surface area (Å²) in [7, 11) is 0. The van der Waals surface area contributed by atoms with Crippen molar-refractivity contribution in [3.63, 3.8) is 0 Å². The second kappa shape index (κ2) is 4.67. The highest BCUT2D eigenvalue weighted by molar-refractivity contribution is 6.07. The number of nitrogen functional groups attached to an aromatic ring is 1. The second-order valence-electron chi connectivity index (χ2n) is 5.39. The molecule has 0 bridgehead atoms. The number of anilines is 2. The number of hydrogen-bond donors (Lipinski definition) is 3. The SMILES string of the molecule is Cc1cccc(C)c1NC(=O)c1n[nH]c(C2CC2)c1N. The quantitative estimate of drug-likeness (QED) is 0.801. The maximum Gasteiger partial charge on any atom is 0.278 e. The minimum absolute atomic E-state index is 0.261. The van der Waals surface area contributed by atoms with Gasteiger partial charge in [0.25, 0.3) is 5.91 Å². The molecule has 2 aromatic rings. The minimum atomic E-state index is -0.261. The number of amides is 1. The lowest BCUT2D eigenvalue weighted by Crippen LogP contribution is -2.16. The Hall–Kier alpha value is -2.30. The van der Waals surface area contributed by atoms with Crippen molar-refractivity contribution in [3.05, 3.63) is 40.7 Å². The molecule has 1 saturated carbocycles. The molecule has 0 saturated heterocycles. The van der Waals surface area contributed by atoms with Gasteiger partial charge in [-0.3, -0.25) is 9.89 Å². The number of rotatable bonds is 3. The highest BCUT2D eigenvalue weighted by Gasteiger charge is 2.30. The van der Waals surface area contributed by atoms with Crippen LogP contribution in [0.3, 0.4) is 0 Å². The molecule has 104 valence electrons. The molecule has 1 heterocycles. The van der Waals surface area contributed by atoms with Crippen LogP contribution in [0.15, 0.2) is 18.2 Å². The number of carbonyl (C=O) groups excluding carboxylic acids is 1. The molecule has 0 aliphatic heterocycles. The predicted octanol–water partition coefficient (Wildman–Crippen LogP) is 2.74. The van der Waals surface area contributed by atoms with Gasteiger partial charge in [0.2, 0.25) is 0 Å². The van der Waals surface area contributed by atoms with Crippen LogP contribution >= 0.6 is 0 Å². The number of carbonyl (C=O) groups is 1. The van der Waals surface area contributed by atoms with Crippen molar-refractivity contribution >= 4 is 17.3 Å². The molecular weight excluding hydrogens is 252 g/mol. The topological polar surface area (TPSA) is 83.8 Å². The molecular formula is C15H18N4O. The van der Waals surface area contributed by atoms with E-state index in [0.29, 0.717) is 11.6 Å². The zero-order valence-corrected chi connectivity index (χ0v) is 11.7. The van der Waals surface area contributed by atoms with E-state index in [2.05, 4.69) is 15.5 Å². The molecule has 1 aliphatic rings. The van der Waals surface area contributed by atoms with Crippen LogP contribution in [-0.4, -0.2) is 16.1 Å². The molecule has 20 heavy (non-hydrogen) atoms. The molecule has 1 aliphatic carbocycles. The van der Waals surface area contributed by atoms with Gasteiger partial charge in [0.1, 0.15) is 0 Å². The first-order chi connectivity index (χ1) is 9.58.